The van der Waals surface area contributed by atoms with Gasteiger partial charge in [-0.2, -0.15) is 0 Å². The molecule has 0 unspecified atom stereocenters. The Bertz CT molecular complexity index is 928. The number of hydrogen-bond donors (Lipinski definition) is 0. The Morgan fingerprint density at radius 2 is 1.85 bits per heavy atom. The zero-order valence-electron chi connectivity index (χ0n) is 15.3. The highest BCUT2D eigenvalue weighted by atomic mass is 32.2. The van der Waals surface area contributed by atoms with Crippen molar-refractivity contribution < 1.29 is 9.18 Å². The van der Waals surface area contributed by atoms with Gasteiger partial charge in [0.1, 0.15) is 12.1 Å². The van der Waals surface area contributed by atoms with Crippen LogP contribution in [0, 0.1) is 5.82 Å². The molecule has 0 saturated heterocycles. The first-order valence-electron chi connectivity index (χ1n) is 8.68. The molecule has 1 aromatic heterocycles. The summed E-state index contributed by atoms with van der Waals surface area (Å²) in [6, 6.07) is 14.5. The summed E-state index contributed by atoms with van der Waals surface area (Å²) in [5.74, 6) is -0.194. The number of amides is 1. The van der Waals surface area contributed by atoms with Crippen LogP contribution in [0.15, 0.2) is 60.0 Å². The lowest BCUT2D eigenvalue weighted by atomic mass is 10.1. The van der Waals surface area contributed by atoms with Crippen LogP contribution < -0.4 is 0 Å². The Balaban J connectivity index is 1.66. The molecule has 3 aromatic rings. The number of aromatic nitrogens is 3. The maximum Gasteiger partial charge on any atom is 0.233 e. The third-order valence-corrected chi connectivity index (χ3v) is 5.19. The van der Waals surface area contributed by atoms with Gasteiger partial charge >= 0.3 is 0 Å². The van der Waals surface area contributed by atoms with Gasteiger partial charge in [-0.1, -0.05) is 55.1 Å². The number of carbonyl (C=O) groups excluding carboxylic acids is 1. The predicted octanol–water partition coefficient (Wildman–Crippen LogP) is 3.72. The second-order valence-corrected chi connectivity index (χ2v) is 7.04. The van der Waals surface area contributed by atoms with Crippen LogP contribution in [0.4, 0.5) is 4.39 Å². The van der Waals surface area contributed by atoms with Gasteiger partial charge in [-0.3, -0.25) is 9.36 Å². The van der Waals surface area contributed by atoms with Gasteiger partial charge in [-0.15, -0.1) is 10.2 Å². The number of para-hydroxylation sites is 1. The Hall–Kier alpha value is -2.67. The number of benzene rings is 2. The molecule has 0 bridgehead atoms. The van der Waals surface area contributed by atoms with Crippen molar-refractivity contribution in [1.29, 1.82) is 0 Å². The smallest absolute Gasteiger partial charge is 0.233 e. The Morgan fingerprint density at radius 3 is 2.59 bits per heavy atom. The summed E-state index contributed by atoms with van der Waals surface area (Å²) in [7, 11) is 1.67. The van der Waals surface area contributed by atoms with E-state index in [1.807, 2.05) is 22.8 Å². The highest BCUT2D eigenvalue weighted by Gasteiger charge is 2.15. The van der Waals surface area contributed by atoms with Crippen LogP contribution in [0.3, 0.4) is 0 Å². The van der Waals surface area contributed by atoms with E-state index in [1.54, 1.807) is 31.6 Å². The number of thioether (sulfide) groups is 1. The largest absolute Gasteiger partial charge is 0.341 e. The number of nitrogens with zero attached hydrogens (tertiary/aromatic N) is 4. The molecular weight excluding hydrogens is 363 g/mol. The second-order valence-electron chi connectivity index (χ2n) is 6.10. The minimum atomic E-state index is -0.305. The van der Waals surface area contributed by atoms with Gasteiger partial charge in [-0.25, -0.2) is 4.39 Å². The van der Waals surface area contributed by atoms with Gasteiger partial charge in [0.15, 0.2) is 5.16 Å². The van der Waals surface area contributed by atoms with Crippen molar-refractivity contribution in [1.82, 2.24) is 19.7 Å². The number of hydrogen-bond acceptors (Lipinski definition) is 4. The molecule has 0 atom stereocenters. The second kappa shape index (κ2) is 8.81. The van der Waals surface area contributed by atoms with Gasteiger partial charge in [0.05, 0.1) is 11.4 Å². The summed E-state index contributed by atoms with van der Waals surface area (Å²) in [5.41, 5.74) is 2.69. The number of halogens is 1. The molecule has 0 radical (unpaired) electrons. The lowest BCUT2D eigenvalue weighted by Gasteiger charge is -2.17. The molecule has 0 fully saturated rings. The molecule has 1 heterocycles. The molecule has 0 aliphatic carbocycles. The predicted molar refractivity (Wildman–Crippen MR) is 104 cm³/mol. The van der Waals surface area contributed by atoms with Crippen molar-refractivity contribution >= 4 is 17.7 Å². The average molecular weight is 384 g/mol. The van der Waals surface area contributed by atoms with Crippen LogP contribution in [0.1, 0.15) is 18.1 Å². The third-order valence-electron chi connectivity index (χ3n) is 4.26. The lowest BCUT2D eigenvalue weighted by Crippen LogP contribution is -2.28. The highest BCUT2D eigenvalue weighted by molar-refractivity contribution is 7.99. The molecule has 0 saturated carbocycles. The van der Waals surface area contributed by atoms with Crippen molar-refractivity contribution in [3.05, 3.63) is 71.8 Å². The van der Waals surface area contributed by atoms with E-state index in [9.17, 15) is 9.18 Å². The van der Waals surface area contributed by atoms with E-state index in [1.165, 1.54) is 28.3 Å². The molecule has 7 heteroatoms. The molecule has 2 aromatic carbocycles. The van der Waals surface area contributed by atoms with Crippen molar-refractivity contribution in [2.75, 3.05) is 12.8 Å². The first-order valence-corrected chi connectivity index (χ1v) is 9.67. The Labute approximate surface area is 162 Å². The van der Waals surface area contributed by atoms with Crippen LogP contribution in [0.5, 0.6) is 0 Å². The van der Waals surface area contributed by atoms with Crippen LogP contribution in [-0.4, -0.2) is 38.4 Å². The molecule has 0 N–H and O–H groups in total. The molecule has 5 nitrogen and oxygen atoms in total. The summed E-state index contributed by atoms with van der Waals surface area (Å²) in [4.78, 5) is 14.0. The van der Waals surface area contributed by atoms with E-state index in [2.05, 4.69) is 23.2 Å². The van der Waals surface area contributed by atoms with Crippen molar-refractivity contribution in [3.8, 4) is 5.69 Å². The monoisotopic (exact) mass is 384 g/mol. The SMILES string of the molecule is CCc1ccccc1-n1cnnc1SCC(=O)N(C)Cc1ccccc1F. The molecule has 3 rings (SSSR count). The summed E-state index contributed by atoms with van der Waals surface area (Å²) in [6.07, 6.45) is 2.55. The van der Waals surface area contributed by atoms with E-state index in [0.717, 1.165) is 12.1 Å². The topological polar surface area (TPSA) is 51.0 Å². The standard InChI is InChI=1S/C20H21FN4OS/c1-3-15-8-5-7-11-18(15)25-14-22-23-20(25)27-13-19(26)24(2)12-16-9-4-6-10-17(16)21/h4-11,14H,3,12-13H2,1-2H3. The number of aryl methyl sites for hydroxylation is 1. The number of rotatable bonds is 7. The number of carbonyl (C=O) groups is 1. The zero-order chi connectivity index (χ0) is 19.2. The Kier molecular flexibility index (Phi) is 6.24. The van der Waals surface area contributed by atoms with Crippen LogP contribution in [-0.2, 0) is 17.8 Å². The summed E-state index contributed by atoms with van der Waals surface area (Å²) < 4.78 is 15.7. The van der Waals surface area contributed by atoms with Gasteiger partial charge in [-0.05, 0) is 24.1 Å². The fourth-order valence-corrected chi connectivity index (χ4v) is 3.60. The van der Waals surface area contributed by atoms with E-state index in [0.29, 0.717) is 10.7 Å². The molecule has 0 spiro atoms. The summed E-state index contributed by atoms with van der Waals surface area (Å²) in [6.45, 7) is 2.33. The van der Waals surface area contributed by atoms with Crippen LogP contribution in [0.25, 0.3) is 5.69 Å². The molecule has 27 heavy (non-hydrogen) atoms. The fourth-order valence-electron chi connectivity index (χ4n) is 2.74. The quantitative estimate of drug-likeness (QED) is 0.583. The Morgan fingerprint density at radius 1 is 1.15 bits per heavy atom. The third kappa shape index (κ3) is 4.54. The van der Waals surface area contributed by atoms with Gasteiger partial charge in [0, 0.05) is 19.2 Å². The van der Waals surface area contributed by atoms with E-state index in [4.69, 9.17) is 0 Å². The van der Waals surface area contributed by atoms with Crippen molar-refractivity contribution in [3.63, 3.8) is 0 Å². The molecule has 140 valence electrons. The normalized spacial score (nSPS) is 10.8. The van der Waals surface area contributed by atoms with E-state index < -0.39 is 0 Å². The summed E-state index contributed by atoms with van der Waals surface area (Å²) >= 11 is 1.32. The minimum absolute atomic E-state index is 0.0958. The zero-order valence-corrected chi connectivity index (χ0v) is 16.1. The highest BCUT2D eigenvalue weighted by Crippen LogP contribution is 2.23. The molecule has 1 amide bonds. The van der Waals surface area contributed by atoms with Gasteiger partial charge in [0.25, 0.3) is 0 Å². The lowest BCUT2D eigenvalue weighted by molar-refractivity contribution is -0.127. The van der Waals surface area contributed by atoms with Gasteiger partial charge in [0.2, 0.25) is 5.91 Å². The van der Waals surface area contributed by atoms with Gasteiger partial charge < -0.3 is 4.90 Å². The maximum atomic E-state index is 13.8. The van der Waals surface area contributed by atoms with E-state index >= 15 is 0 Å². The van der Waals surface area contributed by atoms with E-state index in [-0.39, 0.29) is 24.0 Å². The molecule has 0 aliphatic heterocycles. The van der Waals surface area contributed by atoms with Crippen molar-refractivity contribution in [2.45, 2.75) is 25.0 Å². The first kappa shape index (κ1) is 19.1. The average Bonchev–Trinajstić information content (AvgIpc) is 3.16. The minimum Gasteiger partial charge on any atom is -0.341 e. The van der Waals surface area contributed by atoms with Crippen LogP contribution in [0.2, 0.25) is 0 Å². The molecular formula is C20H21FN4OS. The van der Waals surface area contributed by atoms with Crippen molar-refractivity contribution in [2.24, 2.45) is 0 Å². The summed E-state index contributed by atoms with van der Waals surface area (Å²) in [5, 5.41) is 8.79. The fraction of sp³-hybridized carbons (Fsp3) is 0.250. The first-order chi connectivity index (χ1) is 13.1. The molecule has 0 aliphatic rings. The van der Waals surface area contributed by atoms with Crippen LogP contribution >= 0.6 is 11.8 Å². The maximum absolute atomic E-state index is 13.8.